The summed E-state index contributed by atoms with van der Waals surface area (Å²) in [5.41, 5.74) is 3.57. The molecule has 0 aliphatic rings. The van der Waals surface area contributed by atoms with Crippen LogP contribution in [0.1, 0.15) is 5.69 Å². The molecule has 8 heteroatoms. The van der Waals surface area contributed by atoms with E-state index in [0.717, 1.165) is 5.69 Å². The average molecular weight is 295 g/mol. The number of anilines is 1. The van der Waals surface area contributed by atoms with Crippen LogP contribution in [-0.2, 0) is 23.5 Å². The van der Waals surface area contributed by atoms with Crippen LogP contribution in [0.5, 0.6) is 0 Å². The van der Waals surface area contributed by atoms with Gasteiger partial charge < -0.3 is 5.43 Å². The quantitative estimate of drug-likeness (QED) is 0.523. The summed E-state index contributed by atoms with van der Waals surface area (Å²) in [5.74, 6) is 5.31. The monoisotopic (exact) mass is 295 g/mol. The Morgan fingerprint density at radius 3 is 2.70 bits per heavy atom. The van der Waals surface area contributed by atoms with Gasteiger partial charge >= 0.3 is 0 Å². The number of hydrogen-bond donors (Lipinski definition) is 3. The fraction of sp³-hybridized carbons (Fsp3) is 0.250. The van der Waals surface area contributed by atoms with Crippen LogP contribution in [0.15, 0.2) is 41.4 Å². The molecule has 4 N–H and O–H groups in total. The third-order valence-electron chi connectivity index (χ3n) is 2.77. The first-order valence-electron chi connectivity index (χ1n) is 6.07. The zero-order chi connectivity index (χ0) is 14.6. The number of benzene rings is 1. The molecule has 0 aliphatic carbocycles. The molecule has 0 bridgehead atoms. The van der Waals surface area contributed by atoms with Gasteiger partial charge in [-0.3, -0.25) is 10.5 Å². The lowest BCUT2D eigenvalue weighted by molar-refractivity contribution is 0.581. The van der Waals surface area contributed by atoms with Gasteiger partial charge in [0, 0.05) is 26.2 Å². The van der Waals surface area contributed by atoms with Crippen molar-refractivity contribution in [1.82, 2.24) is 14.5 Å². The number of sulfonamides is 1. The van der Waals surface area contributed by atoms with E-state index in [-0.39, 0.29) is 11.4 Å². The average Bonchev–Trinajstić information content (AvgIpc) is 2.84. The fourth-order valence-electron chi connectivity index (χ4n) is 1.81. The van der Waals surface area contributed by atoms with Gasteiger partial charge in [-0.1, -0.05) is 12.1 Å². The number of para-hydroxylation sites is 1. The lowest BCUT2D eigenvalue weighted by Gasteiger charge is -2.10. The minimum atomic E-state index is -3.59. The molecule has 2 rings (SSSR count). The maximum absolute atomic E-state index is 12.2. The summed E-state index contributed by atoms with van der Waals surface area (Å²) >= 11 is 0. The molecule has 0 saturated carbocycles. The van der Waals surface area contributed by atoms with Crippen molar-refractivity contribution in [3.63, 3.8) is 0 Å². The van der Waals surface area contributed by atoms with Crippen molar-refractivity contribution in [3.05, 3.63) is 42.2 Å². The van der Waals surface area contributed by atoms with Gasteiger partial charge in [-0.05, 0) is 18.2 Å². The highest BCUT2D eigenvalue weighted by Gasteiger charge is 2.17. The molecule has 0 fully saturated rings. The number of nitrogens with one attached hydrogen (secondary N) is 2. The Labute approximate surface area is 117 Å². The molecule has 20 heavy (non-hydrogen) atoms. The number of aromatic nitrogens is 2. The van der Waals surface area contributed by atoms with Crippen molar-refractivity contribution in [2.45, 2.75) is 11.3 Å². The van der Waals surface area contributed by atoms with Gasteiger partial charge in [0.2, 0.25) is 10.0 Å². The van der Waals surface area contributed by atoms with E-state index in [9.17, 15) is 8.42 Å². The smallest absolute Gasteiger partial charge is 0.242 e. The molecule has 1 aromatic carbocycles. The van der Waals surface area contributed by atoms with Crippen molar-refractivity contribution in [2.75, 3.05) is 12.0 Å². The van der Waals surface area contributed by atoms with E-state index in [4.69, 9.17) is 5.84 Å². The van der Waals surface area contributed by atoms with Gasteiger partial charge in [0.05, 0.1) is 11.4 Å². The topological polar surface area (TPSA) is 102 Å². The lowest BCUT2D eigenvalue weighted by atomic mass is 10.3. The van der Waals surface area contributed by atoms with Crippen LogP contribution in [0.2, 0.25) is 0 Å². The van der Waals surface area contributed by atoms with Crippen LogP contribution in [0, 0.1) is 0 Å². The van der Waals surface area contributed by atoms with Gasteiger partial charge in [-0.25, -0.2) is 13.1 Å². The first-order valence-corrected chi connectivity index (χ1v) is 7.55. The fourth-order valence-corrected chi connectivity index (χ4v) is 3.01. The number of hydrogen-bond acceptors (Lipinski definition) is 5. The summed E-state index contributed by atoms with van der Waals surface area (Å²) in [4.78, 5) is 0.128. The molecule has 0 spiro atoms. The third-order valence-corrected chi connectivity index (χ3v) is 4.29. The van der Waals surface area contributed by atoms with Crippen LogP contribution >= 0.6 is 0 Å². The second kappa shape index (κ2) is 6.04. The number of nitrogens with zero attached hydrogens (tertiary/aromatic N) is 2. The summed E-state index contributed by atoms with van der Waals surface area (Å²) in [5, 5.41) is 4.19. The predicted molar refractivity (Wildman–Crippen MR) is 76.4 cm³/mol. The number of nitrogen functional groups attached to an aromatic ring is 1. The van der Waals surface area contributed by atoms with E-state index in [1.54, 1.807) is 22.9 Å². The number of aryl methyl sites for hydroxylation is 1. The zero-order valence-electron chi connectivity index (χ0n) is 11.1. The normalized spacial score (nSPS) is 11.5. The summed E-state index contributed by atoms with van der Waals surface area (Å²) in [6.45, 7) is 0.276. The molecule has 1 aromatic heterocycles. The Kier molecular flexibility index (Phi) is 4.38. The Balaban J connectivity index is 2.04. The largest absolute Gasteiger partial charge is 0.323 e. The number of hydrazine groups is 1. The molecule has 0 radical (unpaired) electrons. The predicted octanol–water partition coefficient (Wildman–Crippen LogP) is 0.227. The van der Waals surface area contributed by atoms with Crippen LogP contribution in [0.4, 0.5) is 5.69 Å². The van der Waals surface area contributed by atoms with E-state index in [1.807, 2.05) is 19.3 Å². The molecule has 0 atom stereocenters. The molecular formula is C12H17N5O2S. The highest BCUT2D eigenvalue weighted by molar-refractivity contribution is 7.89. The Hall–Kier alpha value is -1.90. The Bertz CT molecular complexity index is 681. The van der Waals surface area contributed by atoms with Crippen molar-refractivity contribution in [3.8, 4) is 0 Å². The molecular weight excluding hydrogens is 278 g/mol. The minimum Gasteiger partial charge on any atom is -0.323 e. The molecule has 2 aromatic rings. The van der Waals surface area contributed by atoms with Crippen LogP contribution in [-0.4, -0.2) is 24.7 Å². The summed E-state index contributed by atoms with van der Waals surface area (Å²) in [7, 11) is -1.78. The van der Waals surface area contributed by atoms with Crippen LogP contribution in [0.25, 0.3) is 0 Å². The highest BCUT2D eigenvalue weighted by Crippen LogP contribution is 2.19. The van der Waals surface area contributed by atoms with Crippen molar-refractivity contribution < 1.29 is 8.42 Å². The minimum absolute atomic E-state index is 0.128. The number of rotatable bonds is 6. The van der Waals surface area contributed by atoms with E-state index in [2.05, 4.69) is 15.2 Å². The Morgan fingerprint density at radius 1 is 1.30 bits per heavy atom. The van der Waals surface area contributed by atoms with E-state index in [1.165, 1.54) is 6.07 Å². The maximum atomic E-state index is 12.2. The van der Waals surface area contributed by atoms with Crippen molar-refractivity contribution in [1.29, 1.82) is 0 Å². The van der Waals surface area contributed by atoms with Gasteiger partial charge in [-0.15, -0.1) is 0 Å². The summed E-state index contributed by atoms with van der Waals surface area (Å²) < 4.78 is 28.6. The van der Waals surface area contributed by atoms with Gasteiger partial charge in [0.25, 0.3) is 0 Å². The molecule has 1 heterocycles. The summed E-state index contributed by atoms with van der Waals surface area (Å²) in [6.07, 6.45) is 2.34. The molecule has 0 saturated heterocycles. The highest BCUT2D eigenvalue weighted by atomic mass is 32.2. The standard InChI is InChI=1S/C12H17N5O2S/c1-17-9-7-10(16-17)6-8-14-20(18,19)12-5-3-2-4-11(12)15-13/h2-5,7,9,14-15H,6,8,13H2,1H3. The van der Waals surface area contributed by atoms with E-state index < -0.39 is 10.0 Å². The second-order valence-corrected chi connectivity index (χ2v) is 6.00. The van der Waals surface area contributed by atoms with Gasteiger partial charge in [0.15, 0.2) is 0 Å². The molecule has 7 nitrogen and oxygen atoms in total. The van der Waals surface area contributed by atoms with Crippen LogP contribution in [0.3, 0.4) is 0 Å². The molecule has 108 valence electrons. The van der Waals surface area contributed by atoms with Gasteiger partial charge in [0.1, 0.15) is 4.90 Å². The molecule has 0 aliphatic heterocycles. The molecule has 0 unspecified atom stereocenters. The third kappa shape index (κ3) is 3.35. The van der Waals surface area contributed by atoms with Crippen molar-refractivity contribution in [2.24, 2.45) is 12.9 Å². The van der Waals surface area contributed by atoms with Crippen molar-refractivity contribution >= 4 is 15.7 Å². The Morgan fingerprint density at radius 2 is 2.05 bits per heavy atom. The first-order chi connectivity index (χ1) is 9.53. The summed E-state index contributed by atoms with van der Waals surface area (Å²) in [6, 6.07) is 8.31. The van der Waals surface area contributed by atoms with Gasteiger partial charge in [-0.2, -0.15) is 5.10 Å². The number of nitrogens with two attached hydrogens (primary N) is 1. The lowest BCUT2D eigenvalue weighted by Crippen LogP contribution is -2.27. The second-order valence-electron chi connectivity index (χ2n) is 4.27. The van der Waals surface area contributed by atoms with E-state index >= 15 is 0 Å². The zero-order valence-corrected chi connectivity index (χ0v) is 11.9. The first kappa shape index (κ1) is 14.5. The SMILES string of the molecule is Cn1ccc(CCNS(=O)(=O)c2ccccc2NN)n1. The maximum Gasteiger partial charge on any atom is 0.242 e. The van der Waals surface area contributed by atoms with E-state index in [0.29, 0.717) is 12.1 Å². The molecule has 0 amide bonds. The van der Waals surface area contributed by atoms with Crippen LogP contribution < -0.4 is 16.0 Å².